The minimum Gasteiger partial charge on any atom is -0.423 e. The SMILES string of the molecule is O=[N+]([O-])c1cccc2oc(NCCC3CC3)nc12. The van der Waals surface area contributed by atoms with Crippen LogP contribution >= 0.6 is 0 Å². The molecule has 0 unspecified atom stereocenters. The fourth-order valence-electron chi connectivity index (χ4n) is 1.95. The summed E-state index contributed by atoms with van der Waals surface area (Å²) in [6.07, 6.45) is 3.71. The van der Waals surface area contributed by atoms with E-state index in [2.05, 4.69) is 10.3 Å². The predicted octanol–water partition coefficient (Wildman–Crippen LogP) is 2.95. The third-order valence-corrected chi connectivity index (χ3v) is 3.12. The molecule has 6 heteroatoms. The summed E-state index contributed by atoms with van der Waals surface area (Å²) in [5.41, 5.74) is 0.723. The smallest absolute Gasteiger partial charge is 0.298 e. The average molecular weight is 247 g/mol. The quantitative estimate of drug-likeness (QED) is 0.648. The largest absolute Gasteiger partial charge is 0.423 e. The van der Waals surface area contributed by atoms with E-state index in [-0.39, 0.29) is 5.69 Å². The van der Waals surface area contributed by atoms with Crippen LogP contribution in [0.5, 0.6) is 0 Å². The van der Waals surface area contributed by atoms with Crippen LogP contribution in [0.25, 0.3) is 11.1 Å². The van der Waals surface area contributed by atoms with Crippen molar-refractivity contribution in [2.24, 2.45) is 5.92 Å². The third kappa shape index (κ3) is 2.13. The number of nitro benzene ring substituents is 1. The summed E-state index contributed by atoms with van der Waals surface area (Å²) in [5, 5.41) is 13.9. The number of para-hydroxylation sites is 1. The first-order valence-electron chi connectivity index (χ1n) is 6.02. The molecule has 0 amide bonds. The molecule has 0 atom stereocenters. The first-order chi connectivity index (χ1) is 8.74. The van der Waals surface area contributed by atoms with Crippen molar-refractivity contribution in [3.63, 3.8) is 0 Å². The highest BCUT2D eigenvalue weighted by atomic mass is 16.6. The Labute approximate surface area is 103 Å². The average Bonchev–Trinajstić information content (AvgIpc) is 3.06. The lowest BCUT2D eigenvalue weighted by molar-refractivity contribution is -0.383. The zero-order chi connectivity index (χ0) is 12.5. The van der Waals surface area contributed by atoms with Gasteiger partial charge >= 0.3 is 0 Å². The maximum absolute atomic E-state index is 10.8. The number of nitrogens with one attached hydrogen (secondary N) is 1. The van der Waals surface area contributed by atoms with Crippen LogP contribution in [0.15, 0.2) is 22.6 Å². The lowest BCUT2D eigenvalue weighted by Crippen LogP contribution is -2.02. The molecule has 3 rings (SSSR count). The van der Waals surface area contributed by atoms with Gasteiger partial charge in [0.25, 0.3) is 11.7 Å². The van der Waals surface area contributed by atoms with Gasteiger partial charge in [0.15, 0.2) is 11.1 Å². The zero-order valence-corrected chi connectivity index (χ0v) is 9.76. The fraction of sp³-hybridized carbons (Fsp3) is 0.417. The second-order valence-corrected chi connectivity index (χ2v) is 4.56. The topological polar surface area (TPSA) is 81.2 Å². The molecule has 1 aromatic carbocycles. The first kappa shape index (κ1) is 11.0. The maximum Gasteiger partial charge on any atom is 0.298 e. The van der Waals surface area contributed by atoms with Gasteiger partial charge in [0.05, 0.1) is 4.92 Å². The Kier molecular flexibility index (Phi) is 2.62. The van der Waals surface area contributed by atoms with Crippen LogP contribution in [0.2, 0.25) is 0 Å². The van der Waals surface area contributed by atoms with Gasteiger partial charge in [0, 0.05) is 12.6 Å². The number of anilines is 1. The molecule has 0 bridgehead atoms. The second kappa shape index (κ2) is 4.29. The molecule has 6 nitrogen and oxygen atoms in total. The summed E-state index contributed by atoms with van der Waals surface area (Å²) in [5.74, 6) is 0.830. The number of nitrogens with zero attached hydrogens (tertiary/aromatic N) is 2. The minimum absolute atomic E-state index is 0.0218. The summed E-state index contributed by atoms with van der Waals surface area (Å²) in [4.78, 5) is 14.5. The van der Waals surface area contributed by atoms with Gasteiger partial charge in [-0.15, -0.1) is 0 Å². The summed E-state index contributed by atoms with van der Waals surface area (Å²) in [6.45, 7) is 0.797. The minimum atomic E-state index is -0.446. The number of benzene rings is 1. The fourth-order valence-corrected chi connectivity index (χ4v) is 1.95. The molecule has 1 aliphatic carbocycles. The number of fused-ring (bicyclic) bond motifs is 1. The molecule has 1 heterocycles. The molecule has 18 heavy (non-hydrogen) atoms. The highest BCUT2D eigenvalue weighted by molar-refractivity contribution is 5.83. The molecular formula is C12H13N3O3. The Morgan fingerprint density at radius 1 is 1.50 bits per heavy atom. The number of non-ortho nitro benzene ring substituents is 1. The molecule has 94 valence electrons. The standard InChI is InChI=1S/C12H13N3O3/c16-15(17)9-2-1-3-10-11(9)14-12(18-10)13-7-6-8-4-5-8/h1-3,8H,4-7H2,(H,13,14). The van der Waals surface area contributed by atoms with E-state index in [9.17, 15) is 10.1 Å². The molecule has 1 saturated carbocycles. The molecular weight excluding hydrogens is 234 g/mol. The number of aromatic nitrogens is 1. The Morgan fingerprint density at radius 3 is 3.06 bits per heavy atom. The summed E-state index contributed by atoms with van der Waals surface area (Å²) >= 11 is 0. The van der Waals surface area contributed by atoms with Crippen molar-refractivity contribution in [3.8, 4) is 0 Å². The van der Waals surface area contributed by atoms with E-state index in [0.717, 1.165) is 18.9 Å². The van der Waals surface area contributed by atoms with Crippen LogP contribution < -0.4 is 5.32 Å². The number of hydrogen-bond acceptors (Lipinski definition) is 5. The van der Waals surface area contributed by atoms with Gasteiger partial charge in [-0.05, 0) is 18.4 Å². The molecule has 1 N–H and O–H groups in total. The number of hydrogen-bond donors (Lipinski definition) is 1. The van der Waals surface area contributed by atoms with Gasteiger partial charge in [0.1, 0.15) is 0 Å². The van der Waals surface area contributed by atoms with Gasteiger partial charge in [-0.2, -0.15) is 4.98 Å². The van der Waals surface area contributed by atoms with Gasteiger partial charge in [-0.1, -0.05) is 18.9 Å². The highest BCUT2D eigenvalue weighted by Crippen LogP contribution is 2.32. The van der Waals surface area contributed by atoms with Crippen molar-refractivity contribution in [1.29, 1.82) is 0 Å². The van der Waals surface area contributed by atoms with Gasteiger partial charge in [-0.3, -0.25) is 10.1 Å². The van der Waals surface area contributed by atoms with Gasteiger partial charge in [-0.25, -0.2) is 0 Å². The van der Waals surface area contributed by atoms with Crippen LogP contribution in [0, 0.1) is 16.0 Å². The van der Waals surface area contributed by atoms with Crippen molar-refractivity contribution in [3.05, 3.63) is 28.3 Å². The monoisotopic (exact) mass is 247 g/mol. The van der Waals surface area contributed by atoms with E-state index >= 15 is 0 Å². The molecule has 0 saturated heterocycles. The maximum atomic E-state index is 10.8. The normalized spacial score (nSPS) is 14.9. The van der Waals surface area contributed by atoms with Crippen LogP contribution in [-0.2, 0) is 0 Å². The van der Waals surface area contributed by atoms with E-state index in [1.165, 1.54) is 18.9 Å². The van der Waals surface area contributed by atoms with Crippen molar-refractivity contribution >= 4 is 22.8 Å². The van der Waals surface area contributed by atoms with Gasteiger partial charge < -0.3 is 9.73 Å². The summed E-state index contributed by atoms with van der Waals surface area (Å²) in [6, 6.07) is 5.07. The molecule has 0 aliphatic heterocycles. The van der Waals surface area contributed by atoms with Crippen LogP contribution in [0.3, 0.4) is 0 Å². The predicted molar refractivity (Wildman–Crippen MR) is 66.5 cm³/mol. The first-order valence-corrected chi connectivity index (χ1v) is 6.02. The Bertz CT molecular complexity index is 589. The zero-order valence-electron chi connectivity index (χ0n) is 9.76. The molecule has 0 spiro atoms. The summed E-state index contributed by atoms with van der Waals surface area (Å²) < 4.78 is 5.43. The summed E-state index contributed by atoms with van der Waals surface area (Å²) in [7, 11) is 0. The van der Waals surface area contributed by atoms with E-state index in [0.29, 0.717) is 17.1 Å². The van der Waals surface area contributed by atoms with Crippen LogP contribution in [0.4, 0.5) is 11.7 Å². The van der Waals surface area contributed by atoms with Crippen molar-refractivity contribution < 1.29 is 9.34 Å². The van der Waals surface area contributed by atoms with Crippen molar-refractivity contribution in [2.45, 2.75) is 19.3 Å². The third-order valence-electron chi connectivity index (χ3n) is 3.12. The van der Waals surface area contributed by atoms with Crippen molar-refractivity contribution in [1.82, 2.24) is 4.98 Å². The second-order valence-electron chi connectivity index (χ2n) is 4.56. The lowest BCUT2D eigenvalue weighted by Gasteiger charge is -1.98. The molecule has 0 radical (unpaired) electrons. The molecule has 1 fully saturated rings. The van der Waals surface area contributed by atoms with E-state index in [1.54, 1.807) is 12.1 Å². The number of nitro groups is 1. The van der Waals surface area contributed by atoms with Crippen LogP contribution in [0.1, 0.15) is 19.3 Å². The Morgan fingerprint density at radius 2 is 2.33 bits per heavy atom. The molecule has 2 aromatic rings. The molecule has 1 aliphatic rings. The number of oxazole rings is 1. The Balaban J connectivity index is 1.80. The van der Waals surface area contributed by atoms with Crippen LogP contribution in [-0.4, -0.2) is 16.5 Å². The van der Waals surface area contributed by atoms with E-state index < -0.39 is 4.92 Å². The highest BCUT2D eigenvalue weighted by Gasteiger charge is 2.21. The van der Waals surface area contributed by atoms with E-state index in [4.69, 9.17) is 4.42 Å². The lowest BCUT2D eigenvalue weighted by atomic mass is 10.3. The van der Waals surface area contributed by atoms with Crippen molar-refractivity contribution in [2.75, 3.05) is 11.9 Å². The number of rotatable bonds is 5. The van der Waals surface area contributed by atoms with E-state index in [1.807, 2.05) is 0 Å². The van der Waals surface area contributed by atoms with Gasteiger partial charge in [0.2, 0.25) is 0 Å². The Hall–Kier alpha value is -2.11. The molecule has 1 aromatic heterocycles.